The third-order valence-electron chi connectivity index (χ3n) is 5.19. The van der Waals surface area contributed by atoms with Crippen LogP contribution in [0.25, 0.3) is 0 Å². The Labute approximate surface area is 174 Å². The van der Waals surface area contributed by atoms with Crippen molar-refractivity contribution in [2.24, 2.45) is 11.5 Å². The molecular weight excluding hydrogens is 384 g/mol. The van der Waals surface area contributed by atoms with Gasteiger partial charge in [-0.25, -0.2) is 0 Å². The average Bonchev–Trinajstić information content (AvgIpc) is 2.77. The van der Waals surface area contributed by atoms with Gasteiger partial charge in [-0.1, -0.05) is 0 Å². The fourth-order valence-corrected chi connectivity index (χ4v) is 3.69. The first-order valence-corrected chi connectivity index (χ1v) is 9.76. The molecule has 0 aromatic heterocycles. The second-order valence-corrected chi connectivity index (χ2v) is 6.80. The predicted molar refractivity (Wildman–Crippen MR) is 114 cm³/mol. The molecule has 1 aliphatic rings. The van der Waals surface area contributed by atoms with Gasteiger partial charge in [-0.05, 0) is 50.2 Å². The normalized spacial score (nSPS) is 12.3. The summed E-state index contributed by atoms with van der Waals surface area (Å²) in [4.78, 5) is 53.3. The van der Waals surface area contributed by atoms with Gasteiger partial charge in [0, 0.05) is 46.7 Å². The number of anilines is 2. The van der Waals surface area contributed by atoms with Gasteiger partial charge >= 0.3 is 0 Å². The second-order valence-electron chi connectivity index (χ2n) is 6.80. The van der Waals surface area contributed by atoms with E-state index in [4.69, 9.17) is 11.5 Å². The van der Waals surface area contributed by atoms with Gasteiger partial charge < -0.3 is 21.3 Å². The van der Waals surface area contributed by atoms with E-state index in [1.54, 1.807) is 50.2 Å². The summed E-state index contributed by atoms with van der Waals surface area (Å²) in [5.74, 6) is -1.17. The van der Waals surface area contributed by atoms with Crippen molar-refractivity contribution in [3.05, 3.63) is 58.7 Å². The Kier molecular flexibility index (Phi) is 6.09. The topological polar surface area (TPSA) is 127 Å². The smallest absolute Gasteiger partial charge is 0.240 e. The van der Waals surface area contributed by atoms with E-state index in [0.29, 0.717) is 24.5 Å². The molecule has 0 saturated heterocycles. The number of nitrogens with zero attached hydrogens (tertiary/aromatic N) is 2. The highest BCUT2D eigenvalue weighted by Crippen LogP contribution is 2.32. The van der Waals surface area contributed by atoms with Crippen LogP contribution in [-0.4, -0.2) is 49.6 Å². The lowest BCUT2D eigenvalue weighted by Gasteiger charge is -2.25. The van der Waals surface area contributed by atoms with Gasteiger partial charge in [-0.3, -0.25) is 19.2 Å². The number of carbonyl (C=O) groups excluding carboxylic acids is 4. The highest BCUT2D eigenvalue weighted by atomic mass is 16.2. The molecule has 2 aromatic rings. The first-order valence-electron chi connectivity index (χ1n) is 9.76. The van der Waals surface area contributed by atoms with Crippen molar-refractivity contribution in [2.45, 2.75) is 13.8 Å². The van der Waals surface area contributed by atoms with E-state index in [0.717, 1.165) is 0 Å². The molecule has 0 spiro atoms. The average molecular weight is 408 g/mol. The lowest BCUT2D eigenvalue weighted by Crippen LogP contribution is -2.36. The van der Waals surface area contributed by atoms with Crippen LogP contribution in [0.1, 0.15) is 45.7 Å². The molecule has 0 atom stereocenters. The maximum atomic E-state index is 13.1. The van der Waals surface area contributed by atoms with Crippen molar-refractivity contribution in [3.8, 4) is 0 Å². The summed E-state index contributed by atoms with van der Waals surface area (Å²) < 4.78 is 0. The molecule has 156 valence electrons. The van der Waals surface area contributed by atoms with Gasteiger partial charge in [0.05, 0.1) is 13.1 Å². The zero-order valence-corrected chi connectivity index (χ0v) is 17.0. The molecule has 4 N–H and O–H groups in total. The number of rotatable bonds is 6. The minimum atomic E-state index is -0.308. The lowest BCUT2D eigenvalue weighted by atomic mass is 9.83. The van der Waals surface area contributed by atoms with Crippen LogP contribution in [0.4, 0.5) is 11.4 Å². The molecular formula is C22H24N4O4. The monoisotopic (exact) mass is 408 g/mol. The van der Waals surface area contributed by atoms with E-state index in [9.17, 15) is 19.2 Å². The molecule has 2 aromatic carbocycles. The second kappa shape index (κ2) is 8.56. The number of ketones is 2. The van der Waals surface area contributed by atoms with Crippen LogP contribution in [0, 0.1) is 0 Å². The van der Waals surface area contributed by atoms with Crippen molar-refractivity contribution < 1.29 is 19.2 Å². The Bertz CT molecular complexity index is 964. The number of carbonyl (C=O) groups is 4. The Hall–Kier alpha value is -3.36. The molecule has 30 heavy (non-hydrogen) atoms. The van der Waals surface area contributed by atoms with Gasteiger partial charge in [-0.15, -0.1) is 0 Å². The van der Waals surface area contributed by atoms with Gasteiger partial charge in [0.1, 0.15) is 0 Å². The molecule has 0 unspecified atom stereocenters. The number of hydrogen-bond acceptors (Lipinski definition) is 6. The molecule has 0 saturated carbocycles. The maximum Gasteiger partial charge on any atom is 0.240 e. The number of nitrogens with two attached hydrogens (primary N) is 2. The van der Waals surface area contributed by atoms with Crippen molar-refractivity contribution >= 4 is 34.8 Å². The minimum absolute atomic E-state index is 0.154. The standard InChI is InChI=1S/C22H24N4O4/c1-3-25(19(27)11-23)13-5-7-15-17(9-13)21(29)16-8-6-14(10-18(16)22(15)30)26(4-2)20(28)12-24/h5-10H,3-4,11-12,23-24H2,1-2H3. The molecule has 8 heteroatoms. The van der Waals surface area contributed by atoms with E-state index < -0.39 is 0 Å². The van der Waals surface area contributed by atoms with E-state index in [1.165, 1.54) is 9.80 Å². The number of fused-ring (bicyclic) bond motifs is 2. The predicted octanol–water partition coefficient (Wildman–Crippen LogP) is 1.09. The SMILES string of the molecule is CCN(C(=O)CN)c1ccc2c(c1)C(=O)c1ccc(N(CC)C(=O)CN)cc1C2=O. The van der Waals surface area contributed by atoms with Crippen LogP contribution >= 0.6 is 0 Å². The lowest BCUT2D eigenvalue weighted by molar-refractivity contribution is -0.118. The van der Waals surface area contributed by atoms with Crippen LogP contribution in [0.15, 0.2) is 36.4 Å². The summed E-state index contributed by atoms with van der Waals surface area (Å²) >= 11 is 0. The first-order chi connectivity index (χ1) is 14.4. The summed E-state index contributed by atoms with van der Waals surface area (Å²) in [6, 6.07) is 9.48. The molecule has 1 aliphatic carbocycles. The van der Waals surface area contributed by atoms with Gasteiger partial charge in [0.2, 0.25) is 11.8 Å². The highest BCUT2D eigenvalue weighted by molar-refractivity contribution is 6.29. The fraction of sp³-hybridized carbons (Fsp3) is 0.273. The summed E-state index contributed by atoms with van der Waals surface area (Å²) in [5, 5.41) is 0. The van der Waals surface area contributed by atoms with Crippen LogP contribution in [0.2, 0.25) is 0 Å². The van der Waals surface area contributed by atoms with Crippen molar-refractivity contribution in [1.82, 2.24) is 0 Å². The fourth-order valence-electron chi connectivity index (χ4n) is 3.69. The maximum absolute atomic E-state index is 13.1. The number of amides is 2. The zero-order chi connectivity index (χ0) is 22.0. The van der Waals surface area contributed by atoms with Crippen LogP contribution in [0.3, 0.4) is 0 Å². The Morgan fingerprint density at radius 3 is 1.37 bits per heavy atom. The van der Waals surface area contributed by atoms with E-state index in [1.807, 2.05) is 0 Å². The van der Waals surface area contributed by atoms with E-state index in [2.05, 4.69) is 0 Å². The van der Waals surface area contributed by atoms with Crippen LogP contribution in [0.5, 0.6) is 0 Å². The van der Waals surface area contributed by atoms with Crippen molar-refractivity contribution in [2.75, 3.05) is 36.0 Å². The quantitative estimate of drug-likeness (QED) is 0.628. The molecule has 8 nitrogen and oxygen atoms in total. The summed E-state index contributed by atoms with van der Waals surface area (Å²) in [6.07, 6.45) is 0. The first kappa shape index (κ1) is 21.4. The Morgan fingerprint density at radius 1 is 0.700 bits per heavy atom. The minimum Gasteiger partial charge on any atom is -0.322 e. The number of hydrogen-bond donors (Lipinski definition) is 2. The third-order valence-corrected chi connectivity index (χ3v) is 5.19. The largest absolute Gasteiger partial charge is 0.322 e. The van der Waals surface area contributed by atoms with Crippen LogP contribution < -0.4 is 21.3 Å². The number of benzene rings is 2. The Morgan fingerprint density at radius 2 is 1.07 bits per heavy atom. The molecule has 3 rings (SSSR count). The molecule has 0 bridgehead atoms. The van der Waals surface area contributed by atoms with Gasteiger partial charge in [0.15, 0.2) is 11.6 Å². The van der Waals surface area contributed by atoms with Gasteiger partial charge in [0.25, 0.3) is 0 Å². The van der Waals surface area contributed by atoms with E-state index >= 15 is 0 Å². The molecule has 0 aliphatic heterocycles. The summed E-state index contributed by atoms with van der Waals surface area (Å²) in [5.41, 5.74) is 13.0. The van der Waals surface area contributed by atoms with Crippen molar-refractivity contribution in [1.29, 1.82) is 0 Å². The van der Waals surface area contributed by atoms with Crippen LogP contribution in [-0.2, 0) is 9.59 Å². The summed E-state index contributed by atoms with van der Waals surface area (Å²) in [6.45, 7) is 4.08. The highest BCUT2D eigenvalue weighted by Gasteiger charge is 2.31. The molecule has 0 heterocycles. The zero-order valence-electron chi connectivity index (χ0n) is 17.0. The number of likely N-dealkylation sites (N-methyl/N-ethyl adjacent to an activating group) is 2. The molecule has 0 fully saturated rings. The molecule has 2 amide bonds. The summed E-state index contributed by atoms with van der Waals surface area (Å²) in [7, 11) is 0. The van der Waals surface area contributed by atoms with Crippen molar-refractivity contribution in [3.63, 3.8) is 0 Å². The van der Waals surface area contributed by atoms with Gasteiger partial charge in [-0.2, -0.15) is 0 Å². The third kappa shape index (κ3) is 3.51. The Balaban J connectivity index is 2.06. The van der Waals surface area contributed by atoms with E-state index in [-0.39, 0.29) is 58.7 Å². The molecule has 0 radical (unpaired) electrons.